The minimum Gasteiger partial charge on any atom is -0.309 e. The molecular formula is C42H29F3N4. The summed E-state index contributed by atoms with van der Waals surface area (Å²) in [7, 11) is 0. The molecule has 238 valence electrons. The molecule has 0 saturated heterocycles. The standard InChI is InChI=1S/C42H29F3N4/c1-26-16-19-34-35-20-17-27(2)23-37(35)49(36(34)22-26)38-25-31(18-21-33(38)30-14-9-15-32(24-30)42(43,44)45)41-47-39(28-10-5-3-6-11-28)46-40(48-41)29-12-7-4-8-13-29/h3-25H,1-2H3. The molecule has 49 heavy (non-hydrogen) atoms. The highest BCUT2D eigenvalue weighted by molar-refractivity contribution is 6.10. The number of aryl methyl sites for hydroxylation is 2. The van der Waals surface area contributed by atoms with Gasteiger partial charge in [0.15, 0.2) is 17.5 Å². The van der Waals surface area contributed by atoms with E-state index in [1.54, 1.807) is 6.07 Å². The average Bonchev–Trinajstić information content (AvgIpc) is 3.43. The van der Waals surface area contributed by atoms with Crippen LogP contribution in [0.4, 0.5) is 13.2 Å². The molecule has 0 saturated carbocycles. The van der Waals surface area contributed by atoms with E-state index < -0.39 is 11.7 Å². The molecule has 8 aromatic rings. The van der Waals surface area contributed by atoms with Crippen molar-refractivity contribution < 1.29 is 13.2 Å². The highest BCUT2D eigenvalue weighted by atomic mass is 19.4. The van der Waals surface area contributed by atoms with Crippen LogP contribution >= 0.6 is 0 Å². The number of nitrogens with zero attached hydrogens (tertiary/aromatic N) is 4. The number of halogens is 3. The molecule has 0 amide bonds. The second-order valence-corrected chi connectivity index (χ2v) is 12.2. The summed E-state index contributed by atoms with van der Waals surface area (Å²) in [4.78, 5) is 14.7. The molecule has 0 aliphatic heterocycles. The van der Waals surface area contributed by atoms with Gasteiger partial charge >= 0.3 is 6.18 Å². The van der Waals surface area contributed by atoms with Crippen molar-refractivity contribution in [2.75, 3.05) is 0 Å². The monoisotopic (exact) mass is 646 g/mol. The van der Waals surface area contributed by atoms with Crippen molar-refractivity contribution in [3.05, 3.63) is 156 Å². The molecule has 0 radical (unpaired) electrons. The van der Waals surface area contributed by atoms with Gasteiger partial charge < -0.3 is 4.57 Å². The summed E-state index contributed by atoms with van der Waals surface area (Å²) >= 11 is 0. The molecule has 0 aliphatic rings. The van der Waals surface area contributed by atoms with E-state index in [-0.39, 0.29) is 0 Å². The van der Waals surface area contributed by atoms with Crippen LogP contribution in [-0.4, -0.2) is 19.5 Å². The fraction of sp³-hybridized carbons (Fsp3) is 0.0714. The van der Waals surface area contributed by atoms with Crippen molar-refractivity contribution in [3.8, 4) is 51.0 Å². The van der Waals surface area contributed by atoms with Gasteiger partial charge in [0.05, 0.1) is 22.3 Å². The van der Waals surface area contributed by atoms with E-state index in [2.05, 4.69) is 41.0 Å². The van der Waals surface area contributed by atoms with E-state index in [1.165, 1.54) is 12.1 Å². The normalized spacial score (nSPS) is 11.8. The van der Waals surface area contributed by atoms with E-state index in [0.717, 1.165) is 55.8 Å². The van der Waals surface area contributed by atoms with Gasteiger partial charge in [-0.15, -0.1) is 0 Å². The smallest absolute Gasteiger partial charge is 0.309 e. The summed E-state index contributed by atoms with van der Waals surface area (Å²) in [5.41, 5.74) is 7.57. The van der Waals surface area contributed by atoms with Gasteiger partial charge in [0, 0.05) is 33.0 Å². The molecule has 0 spiro atoms. The zero-order valence-corrected chi connectivity index (χ0v) is 26.7. The fourth-order valence-electron chi connectivity index (χ4n) is 6.40. The second kappa shape index (κ2) is 11.9. The Labute approximate surface area is 281 Å². The van der Waals surface area contributed by atoms with Crippen molar-refractivity contribution in [1.82, 2.24) is 19.5 Å². The van der Waals surface area contributed by atoms with Crippen LogP contribution in [0.3, 0.4) is 0 Å². The van der Waals surface area contributed by atoms with Crippen LogP contribution in [-0.2, 0) is 6.18 Å². The summed E-state index contributed by atoms with van der Waals surface area (Å²) < 4.78 is 44.1. The predicted octanol–water partition coefficient (Wildman–Crippen LogP) is 11.3. The first kappa shape index (κ1) is 30.3. The van der Waals surface area contributed by atoms with Crippen molar-refractivity contribution in [3.63, 3.8) is 0 Å². The molecule has 0 bridgehead atoms. The number of hydrogen-bond acceptors (Lipinski definition) is 3. The van der Waals surface area contributed by atoms with Gasteiger partial charge in [-0.1, -0.05) is 109 Å². The molecule has 0 aliphatic carbocycles. The predicted molar refractivity (Wildman–Crippen MR) is 190 cm³/mol. The van der Waals surface area contributed by atoms with E-state index in [4.69, 9.17) is 15.0 Å². The van der Waals surface area contributed by atoms with Crippen LogP contribution < -0.4 is 0 Å². The van der Waals surface area contributed by atoms with Gasteiger partial charge in [0.25, 0.3) is 0 Å². The Kier molecular flexibility index (Phi) is 7.33. The van der Waals surface area contributed by atoms with Crippen LogP contribution in [0.1, 0.15) is 16.7 Å². The molecule has 6 aromatic carbocycles. The summed E-state index contributed by atoms with van der Waals surface area (Å²) in [5, 5.41) is 2.11. The summed E-state index contributed by atoms with van der Waals surface area (Å²) in [6.07, 6.45) is -4.48. The Morgan fingerprint density at radius 2 is 0.980 bits per heavy atom. The van der Waals surface area contributed by atoms with Gasteiger partial charge in [0.1, 0.15) is 0 Å². The number of fused-ring (bicyclic) bond motifs is 3. The zero-order chi connectivity index (χ0) is 33.7. The highest BCUT2D eigenvalue weighted by Crippen LogP contribution is 2.40. The summed E-state index contributed by atoms with van der Waals surface area (Å²) in [6.45, 7) is 4.08. The lowest BCUT2D eigenvalue weighted by Gasteiger charge is -2.17. The quantitative estimate of drug-likeness (QED) is 0.187. The molecule has 4 nitrogen and oxygen atoms in total. The molecule has 0 fully saturated rings. The third-order valence-corrected chi connectivity index (χ3v) is 8.78. The molecule has 7 heteroatoms. The number of rotatable bonds is 5. The largest absolute Gasteiger partial charge is 0.416 e. The Balaban J connectivity index is 1.44. The average molecular weight is 647 g/mol. The maximum Gasteiger partial charge on any atom is 0.416 e. The molecule has 8 rings (SSSR count). The Morgan fingerprint density at radius 3 is 1.51 bits per heavy atom. The minimum absolute atomic E-state index is 0.456. The number of hydrogen-bond donors (Lipinski definition) is 0. The second-order valence-electron chi connectivity index (χ2n) is 12.2. The SMILES string of the molecule is Cc1ccc2c3ccc(C)cc3n(-c3cc(-c4nc(-c5ccccc5)nc(-c5ccccc5)n4)ccc3-c3cccc(C(F)(F)F)c3)c2c1. The lowest BCUT2D eigenvalue weighted by atomic mass is 9.98. The highest BCUT2D eigenvalue weighted by Gasteiger charge is 2.31. The number of aromatic nitrogens is 4. The van der Waals surface area contributed by atoms with Crippen LogP contribution in [0.15, 0.2) is 140 Å². The number of benzene rings is 6. The van der Waals surface area contributed by atoms with E-state index >= 15 is 0 Å². The molecule has 2 aromatic heterocycles. The minimum atomic E-state index is -4.48. The van der Waals surface area contributed by atoms with Crippen molar-refractivity contribution in [2.45, 2.75) is 20.0 Å². The van der Waals surface area contributed by atoms with Gasteiger partial charge in [-0.2, -0.15) is 13.2 Å². The fourth-order valence-corrected chi connectivity index (χ4v) is 6.40. The van der Waals surface area contributed by atoms with E-state index in [9.17, 15) is 13.2 Å². The first-order valence-electron chi connectivity index (χ1n) is 15.9. The van der Waals surface area contributed by atoms with Crippen LogP contribution in [0, 0.1) is 13.8 Å². The first-order chi connectivity index (χ1) is 23.7. The van der Waals surface area contributed by atoms with Crippen LogP contribution in [0.5, 0.6) is 0 Å². The lowest BCUT2D eigenvalue weighted by molar-refractivity contribution is -0.137. The van der Waals surface area contributed by atoms with Gasteiger partial charge in [0.2, 0.25) is 0 Å². The Hall–Kier alpha value is -6.08. The molecule has 0 N–H and O–H groups in total. The Morgan fingerprint density at radius 1 is 0.469 bits per heavy atom. The molecule has 0 atom stereocenters. The van der Waals surface area contributed by atoms with Crippen LogP contribution in [0.25, 0.3) is 72.8 Å². The first-order valence-corrected chi connectivity index (χ1v) is 15.9. The zero-order valence-electron chi connectivity index (χ0n) is 26.7. The van der Waals surface area contributed by atoms with E-state index in [1.807, 2.05) is 92.7 Å². The molecular weight excluding hydrogens is 617 g/mol. The third-order valence-electron chi connectivity index (χ3n) is 8.78. The summed E-state index contributed by atoms with van der Waals surface area (Å²) in [6, 6.07) is 43.3. The van der Waals surface area contributed by atoms with Gasteiger partial charge in [-0.3, -0.25) is 0 Å². The summed E-state index contributed by atoms with van der Waals surface area (Å²) in [5.74, 6) is 1.50. The molecule has 2 heterocycles. The maximum absolute atomic E-state index is 14.0. The topological polar surface area (TPSA) is 43.6 Å². The Bertz CT molecular complexity index is 2380. The third kappa shape index (κ3) is 5.63. The van der Waals surface area contributed by atoms with Crippen molar-refractivity contribution in [1.29, 1.82) is 0 Å². The maximum atomic E-state index is 14.0. The van der Waals surface area contributed by atoms with Gasteiger partial charge in [-0.05, 0) is 60.9 Å². The van der Waals surface area contributed by atoms with Gasteiger partial charge in [-0.25, -0.2) is 15.0 Å². The van der Waals surface area contributed by atoms with Crippen molar-refractivity contribution >= 4 is 21.8 Å². The van der Waals surface area contributed by atoms with Crippen LogP contribution in [0.2, 0.25) is 0 Å². The lowest BCUT2D eigenvalue weighted by Crippen LogP contribution is -2.05. The van der Waals surface area contributed by atoms with Crippen molar-refractivity contribution in [2.24, 2.45) is 0 Å². The number of alkyl halides is 3. The molecule has 0 unspecified atom stereocenters. The van der Waals surface area contributed by atoms with E-state index in [0.29, 0.717) is 34.2 Å².